The topological polar surface area (TPSA) is 27.3 Å². The lowest BCUT2D eigenvalue weighted by molar-refractivity contribution is 0.211. The van der Waals surface area contributed by atoms with E-state index < -0.39 is 0 Å². The Balaban J connectivity index is 1.77. The van der Waals surface area contributed by atoms with Crippen LogP contribution in [0.3, 0.4) is 0 Å². The summed E-state index contributed by atoms with van der Waals surface area (Å²) in [6.07, 6.45) is 2.54. The van der Waals surface area contributed by atoms with Gasteiger partial charge in [-0.05, 0) is 56.7 Å². The Morgan fingerprint density at radius 2 is 2.26 bits per heavy atom. The van der Waals surface area contributed by atoms with Gasteiger partial charge in [-0.3, -0.25) is 0 Å². The van der Waals surface area contributed by atoms with Gasteiger partial charge in [0.25, 0.3) is 0 Å². The van der Waals surface area contributed by atoms with Crippen LogP contribution in [0.5, 0.6) is 0 Å². The lowest BCUT2D eigenvalue weighted by Gasteiger charge is -2.30. The number of hydrogen-bond acceptors (Lipinski definition) is 2. The summed E-state index contributed by atoms with van der Waals surface area (Å²) < 4.78 is 0. The van der Waals surface area contributed by atoms with Crippen molar-refractivity contribution in [1.82, 2.24) is 10.2 Å². The number of anilines is 1. The number of piperidine rings is 1. The first-order valence-electron chi connectivity index (χ1n) is 6.63. The van der Waals surface area contributed by atoms with Crippen LogP contribution < -0.4 is 10.6 Å². The number of likely N-dealkylation sites (tertiary alicyclic amines) is 1. The van der Waals surface area contributed by atoms with Gasteiger partial charge in [0, 0.05) is 13.1 Å². The molecule has 0 saturated carbocycles. The van der Waals surface area contributed by atoms with Gasteiger partial charge in [0.2, 0.25) is 0 Å². The van der Waals surface area contributed by atoms with Gasteiger partial charge < -0.3 is 15.5 Å². The van der Waals surface area contributed by atoms with Crippen LogP contribution in [0.25, 0.3) is 0 Å². The summed E-state index contributed by atoms with van der Waals surface area (Å²) in [4.78, 5) is 2.38. The number of thiocarbonyl (C=S) groups is 1. The third kappa shape index (κ3) is 4.64. The van der Waals surface area contributed by atoms with Gasteiger partial charge >= 0.3 is 0 Å². The predicted molar refractivity (Wildman–Crippen MR) is 85.9 cm³/mol. The summed E-state index contributed by atoms with van der Waals surface area (Å²) in [5.74, 6) is 0.671. The van der Waals surface area contributed by atoms with Crippen LogP contribution in [-0.4, -0.2) is 36.7 Å². The molecule has 1 aromatic carbocycles. The van der Waals surface area contributed by atoms with Crippen molar-refractivity contribution in [3.8, 4) is 0 Å². The second kappa shape index (κ2) is 7.08. The van der Waals surface area contributed by atoms with E-state index in [2.05, 4.69) is 22.6 Å². The van der Waals surface area contributed by atoms with Crippen LogP contribution in [0.15, 0.2) is 24.3 Å². The Morgan fingerprint density at radius 3 is 3.00 bits per heavy atom. The highest BCUT2D eigenvalue weighted by Crippen LogP contribution is 2.20. The fraction of sp³-hybridized carbons (Fsp3) is 0.500. The van der Waals surface area contributed by atoms with Crippen molar-refractivity contribution >= 4 is 34.6 Å². The Morgan fingerprint density at radius 1 is 1.47 bits per heavy atom. The smallest absolute Gasteiger partial charge is 0.170 e. The molecule has 5 heteroatoms. The van der Waals surface area contributed by atoms with Crippen molar-refractivity contribution in [2.75, 3.05) is 32.0 Å². The highest BCUT2D eigenvalue weighted by atomic mass is 35.5. The van der Waals surface area contributed by atoms with E-state index in [1.807, 2.05) is 24.3 Å². The van der Waals surface area contributed by atoms with Crippen molar-refractivity contribution < 1.29 is 0 Å². The van der Waals surface area contributed by atoms with E-state index in [-0.39, 0.29) is 0 Å². The second-order valence-electron chi connectivity index (χ2n) is 5.09. The van der Waals surface area contributed by atoms with Gasteiger partial charge in [0.1, 0.15) is 0 Å². The van der Waals surface area contributed by atoms with Crippen molar-refractivity contribution in [1.29, 1.82) is 0 Å². The maximum Gasteiger partial charge on any atom is 0.170 e. The number of halogens is 1. The number of rotatable bonds is 3. The number of nitrogens with one attached hydrogen (secondary N) is 2. The Kier molecular flexibility index (Phi) is 5.43. The molecule has 0 aromatic heterocycles. The van der Waals surface area contributed by atoms with Crippen molar-refractivity contribution in [3.05, 3.63) is 29.3 Å². The zero-order valence-electron chi connectivity index (χ0n) is 11.2. The molecule has 1 aliphatic heterocycles. The molecule has 0 radical (unpaired) electrons. The molecule has 0 bridgehead atoms. The highest BCUT2D eigenvalue weighted by Gasteiger charge is 2.17. The van der Waals surface area contributed by atoms with Crippen LogP contribution in [0, 0.1) is 5.92 Å². The molecular formula is C14H20ClN3S. The summed E-state index contributed by atoms with van der Waals surface area (Å²) in [5, 5.41) is 7.74. The number of para-hydroxylation sites is 1. The molecule has 1 fully saturated rings. The van der Waals surface area contributed by atoms with Crippen LogP contribution in [0.2, 0.25) is 5.02 Å². The van der Waals surface area contributed by atoms with Crippen LogP contribution in [0.1, 0.15) is 12.8 Å². The molecule has 0 amide bonds. The summed E-state index contributed by atoms with van der Waals surface area (Å²) >= 11 is 11.4. The molecule has 19 heavy (non-hydrogen) atoms. The summed E-state index contributed by atoms with van der Waals surface area (Å²) in [6, 6.07) is 7.61. The Hall–Kier alpha value is -0.840. The SMILES string of the molecule is CN1CCC[C@@H](CNC(=S)Nc2ccccc2Cl)C1. The fourth-order valence-electron chi connectivity index (χ4n) is 2.41. The summed E-state index contributed by atoms with van der Waals surface area (Å²) in [5.41, 5.74) is 0.849. The molecule has 0 unspecified atom stereocenters. The minimum Gasteiger partial charge on any atom is -0.362 e. The average Bonchev–Trinajstić information content (AvgIpc) is 2.39. The molecule has 2 N–H and O–H groups in total. The van der Waals surface area contributed by atoms with Crippen LogP contribution >= 0.6 is 23.8 Å². The summed E-state index contributed by atoms with van der Waals surface area (Å²) in [7, 11) is 2.17. The zero-order chi connectivity index (χ0) is 13.7. The lowest BCUT2D eigenvalue weighted by atomic mass is 9.99. The van der Waals surface area contributed by atoms with Gasteiger partial charge in [-0.25, -0.2) is 0 Å². The number of hydrogen-bond donors (Lipinski definition) is 2. The Bertz CT molecular complexity index is 438. The predicted octanol–water partition coefficient (Wildman–Crippen LogP) is 2.97. The minimum absolute atomic E-state index is 0.640. The van der Waals surface area contributed by atoms with E-state index in [1.54, 1.807) is 0 Å². The van der Waals surface area contributed by atoms with Crippen LogP contribution in [-0.2, 0) is 0 Å². The maximum absolute atomic E-state index is 6.08. The van der Waals surface area contributed by atoms with E-state index in [4.69, 9.17) is 23.8 Å². The van der Waals surface area contributed by atoms with Gasteiger partial charge in [0.05, 0.1) is 10.7 Å². The lowest BCUT2D eigenvalue weighted by Crippen LogP contribution is -2.40. The van der Waals surface area contributed by atoms with Crippen LogP contribution in [0.4, 0.5) is 5.69 Å². The molecule has 0 spiro atoms. The molecule has 104 valence electrons. The van der Waals surface area contributed by atoms with Crippen molar-refractivity contribution in [2.24, 2.45) is 5.92 Å². The number of benzene rings is 1. The maximum atomic E-state index is 6.08. The van der Waals surface area contributed by atoms with Gasteiger partial charge in [0.15, 0.2) is 5.11 Å². The standard InChI is InChI=1S/C14H20ClN3S/c1-18-8-4-5-11(10-18)9-16-14(19)17-13-7-3-2-6-12(13)15/h2-3,6-7,11H,4-5,8-10H2,1H3,(H2,16,17,19)/t11-/m0/s1. The normalized spacial score (nSPS) is 20.0. The molecule has 1 saturated heterocycles. The fourth-order valence-corrected chi connectivity index (χ4v) is 2.78. The molecular weight excluding hydrogens is 278 g/mol. The van der Waals surface area contributed by atoms with Gasteiger partial charge in [-0.15, -0.1) is 0 Å². The van der Waals surface area contributed by atoms with Gasteiger partial charge in [-0.1, -0.05) is 23.7 Å². The molecule has 1 aliphatic rings. The zero-order valence-corrected chi connectivity index (χ0v) is 12.7. The molecule has 2 rings (SSSR count). The monoisotopic (exact) mass is 297 g/mol. The first-order valence-corrected chi connectivity index (χ1v) is 7.41. The molecule has 3 nitrogen and oxygen atoms in total. The third-order valence-electron chi connectivity index (χ3n) is 3.40. The van der Waals surface area contributed by atoms with E-state index in [0.29, 0.717) is 16.1 Å². The second-order valence-corrected chi connectivity index (χ2v) is 5.90. The van der Waals surface area contributed by atoms with E-state index in [0.717, 1.165) is 18.8 Å². The molecule has 1 heterocycles. The van der Waals surface area contributed by atoms with Gasteiger partial charge in [-0.2, -0.15) is 0 Å². The largest absolute Gasteiger partial charge is 0.362 e. The molecule has 0 aliphatic carbocycles. The first-order chi connectivity index (χ1) is 9.15. The average molecular weight is 298 g/mol. The Labute approximate surface area is 125 Å². The van der Waals surface area contributed by atoms with E-state index in [9.17, 15) is 0 Å². The van der Waals surface area contributed by atoms with Crippen molar-refractivity contribution in [3.63, 3.8) is 0 Å². The van der Waals surface area contributed by atoms with Crippen molar-refractivity contribution in [2.45, 2.75) is 12.8 Å². The molecule has 1 atom stereocenters. The summed E-state index contributed by atoms with van der Waals surface area (Å²) in [6.45, 7) is 3.27. The minimum atomic E-state index is 0.640. The first kappa shape index (κ1) is 14.6. The van der Waals surface area contributed by atoms with E-state index in [1.165, 1.54) is 19.4 Å². The highest BCUT2D eigenvalue weighted by molar-refractivity contribution is 7.80. The third-order valence-corrected chi connectivity index (χ3v) is 3.97. The molecule has 1 aromatic rings. The number of nitrogens with zero attached hydrogens (tertiary/aromatic N) is 1. The van der Waals surface area contributed by atoms with E-state index >= 15 is 0 Å². The quantitative estimate of drug-likeness (QED) is 0.839.